The Hall–Kier alpha value is -1.26. The number of rotatable bonds is 4. The first kappa shape index (κ1) is 10.8. The average Bonchev–Trinajstić information content (AvgIpc) is 2.82. The lowest BCUT2D eigenvalue weighted by Gasteiger charge is -2.17. The van der Waals surface area contributed by atoms with Gasteiger partial charge in [0, 0.05) is 6.04 Å². The van der Waals surface area contributed by atoms with Crippen LogP contribution in [0.1, 0.15) is 26.7 Å². The zero-order valence-electron chi connectivity index (χ0n) is 8.41. The molecule has 14 heavy (non-hydrogen) atoms. The molecule has 1 atom stereocenters. The quantitative estimate of drug-likeness (QED) is 0.620. The number of amides is 2. The third kappa shape index (κ3) is 3.24. The number of carboxylic acids is 1. The SMILES string of the molecule is CC(C)[C@H](NC(=O)NC1CC1)C(=O)O. The van der Waals surface area contributed by atoms with Gasteiger partial charge in [0.1, 0.15) is 6.04 Å². The topological polar surface area (TPSA) is 78.4 Å². The standard InChI is InChI=1S/C9H16N2O3/c1-5(2)7(8(12)13)11-9(14)10-6-3-4-6/h5-7H,3-4H2,1-2H3,(H,12,13)(H2,10,11,14)/t7-/m0/s1. The highest BCUT2D eigenvalue weighted by Crippen LogP contribution is 2.18. The first-order valence-electron chi connectivity index (χ1n) is 4.80. The van der Waals surface area contributed by atoms with E-state index in [1.165, 1.54) is 0 Å². The summed E-state index contributed by atoms with van der Waals surface area (Å²) in [5.74, 6) is -1.11. The van der Waals surface area contributed by atoms with Crippen molar-refractivity contribution in [3.63, 3.8) is 0 Å². The highest BCUT2D eigenvalue weighted by atomic mass is 16.4. The second-order valence-corrected chi connectivity index (χ2v) is 3.95. The van der Waals surface area contributed by atoms with Gasteiger partial charge < -0.3 is 15.7 Å². The lowest BCUT2D eigenvalue weighted by Crippen LogP contribution is -2.49. The number of aliphatic carboxylic acids is 1. The van der Waals surface area contributed by atoms with Crippen LogP contribution in [0.5, 0.6) is 0 Å². The Morgan fingerprint density at radius 3 is 2.29 bits per heavy atom. The van der Waals surface area contributed by atoms with Crippen molar-refractivity contribution < 1.29 is 14.7 Å². The minimum Gasteiger partial charge on any atom is -0.480 e. The fraction of sp³-hybridized carbons (Fsp3) is 0.778. The highest BCUT2D eigenvalue weighted by molar-refractivity contribution is 5.82. The monoisotopic (exact) mass is 200 g/mol. The number of hydrogen-bond acceptors (Lipinski definition) is 2. The van der Waals surface area contributed by atoms with E-state index in [1.54, 1.807) is 13.8 Å². The molecule has 0 aliphatic heterocycles. The molecule has 1 aliphatic carbocycles. The summed E-state index contributed by atoms with van der Waals surface area (Å²) >= 11 is 0. The van der Waals surface area contributed by atoms with Gasteiger partial charge in [-0.15, -0.1) is 0 Å². The van der Waals surface area contributed by atoms with Crippen molar-refractivity contribution in [2.24, 2.45) is 5.92 Å². The molecule has 0 aromatic heterocycles. The Morgan fingerprint density at radius 2 is 1.93 bits per heavy atom. The molecule has 2 amide bonds. The van der Waals surface area contributed by atoms with Crippen LogP contribution in [0, 0.1) is 5.92 Å². The number of carbonyl (C=O) groups excluding carboxylic acids is 1. The molecule has 0 heterocycles. The van der Waals surface area contributed by atoms with Crippen LogP contribution in [0.3, 0.4) is 0 Å². The van der Waals surface area contributed by atoms with Crippen LogP contribution in [0.2, 0.25) is 0 Å². The minimum absolute atomic E-state index is 0.113. The van der Waals surface area contributed by atoms with Gasteiger partial charge in [-0.25, -0.2) is 9.59 Å². The van der Waals surface area contributed by atoms with Crippen LogP contribution in [-0.4, -0.2) is 29.2 Å². The van der Waals surface area contributed by atoms with E-state index in [2.05, 4.69) is 10.6 Å². The zero-order chi connectivity index (χ0) is 10.7. The lowest BCUT2D eigenvalue weighted by molar-refractivity contribution is -0.140. The Labute approximate surface area is 82.9 Å². The van der Waals surface area contributed by atoms with E-state index in [4.69, 9.17) is 5.11 Å². The van der Waals surface area contributed by atoms with Crippen molar-refractivity contribution in [3.05, 3.63) is 0 Å². The number of urea groups is 1. The largest absolute Gasteiger partial charge is 0.480 e. The molecular weight excluding hydrogens is 184 g/mol. The molecule has 0 radical (unpaired) electrons. The predicted octanol–water partition coefficient (Wildman–Crippen LogP) is 0.557. The molecule has 0 aromatic carbocycles. The summed E-state index contributed by atoms with van der Waals surface area (Å²) in [5.41, 5.74) is 0. The van der Waals surface area contributed by atoms with Crippen LogP contribution < -0.4 is 10.6 Å². The Bertz CT molecular complexity index is 236. The Balaban J connectivity index is 2.37. The maximum absolute atomic E-state index is 11.2. The van der Waals surface area contributed by atoms with E-state index in [-0.39, 0.29) is 18.0 Å². The fourth-order valence-corrected chi connectivity index (χ4v) is 1.11. The van der Waals surface area contributed by atoms with Gasteiger partial charge >= 0.3 is 12.0 Å². The maximum atomic E-state index is 11.2. The Morgan fingerprint density at radius 1 is 1.36 bits per heavy atom. The highest BCUT2D eigenvalue weighted by Gasteiger charge is 2.27. The van der Waals surface area contributed by atoms with Gasteiger partial charge in [-0.05, 0) is 18.8 Å². The number of nitrogens with one attached hydrogen (secondary N) is 2. The minimum atomic E-state index is -0.994. The van der Waals surface area contributed by atoms with E-state index in [1.807, 2.05) is 0 Å². The molecule has 0 spiro atoms. The molecular formula is C9H16N2O3. The van der Waals surface area contributed by atoms with Crippen molar-refractivity contribution in [1.29, 1.82) is 0 Å². The third-order valence-corrected chi connectivity index (χ3v) is 2.13. The Kier molecular flexibility index (Phi) is 3.33. The number of hydrogen-bond donors (Lipinski definition) is 3. The summed E-state index contributed by atoms with van der Waals surface area (Å²) in [6.07, 6.45) is 1.99. The molecule has 5 heteroatoms. The van der Waals surface area contributed by atoms with E-state index < -0.39 is 12.0 Å². The summed E-state index contributed by atoms with van der Waals surface area (Å²) in [4.78, 5) is 22.0. The molecule has 3 N–H and O–H groups in total. The smallest absolute Gasteiger partial charge is 0.326 e. The summed E-state index contributed by atoms with van der Waals surface area (Å²) in [5, 5.41) is 13.9. The van der Waals surface area contributed by atoms with E-state index in [0.717, 1.165) is 12.8 Å². The van der Waals surface area contributed by atoms with E-state index in [0.29, 0.717) is 0 Å². The van der Waals surface area contributed by atoms with Crippen LogP contribution in [0.15, 0.2) is 0 Å². The second kappa shape index (κ2) is 4.30. The normalized spacial score (nSPS) is 17.6. The van der Waals surface area contributed by atoms with Crippen molar-refractivity contribution in [3.8, 4) is 0 Å². The molecule has 5 nitrogen and oxygen atoms in total. The maximum Gasteiger partial charge on any atom is 0.326 e. The molecule has 0 unspecified atom stereocenters. The van der Waals surface area contributed by atoms with Crippen LogP contribution in [0.4, 0.5) is 4.79 Å². The first-order chi connectivity index (χ1) is 6.50. The molecule has 1 rings (SSSR count). The van der Waals surface area contributed by atoms with Gasteiger partial charge in [0.2, 0.25) is 0 Å². The van der Waals surface area contributed by atoms with Crippen LogP contribution in [-0.2, 0) is 4.79 Å². The molecule has 1 saturated carbocycles. The summed E-state index contributed by atoms with van der Waals surface area (Å²) in [7, 11) is 0. The first-order valence-corrected chi connectivity index (χ1v) is 4.80. The summed E-state index contributed by atoms with van der Waals surface area (Å²) in [6, 6.07) is -0.945. The van der Waals surface area contributed by atoms with E-state index >= 15 is 0 Å². The fourth-order valence-electron chi connectivity index (χ4n) is 1.11. The van der Waals surface area contributed by atoms with Crippen molar-refractivity contribution in [2.45, 2.75) is 38.8 Å². The van der Waals surface area contributed by atoms with Gasteiger partial charge in [-0.2, -0.15) is 0 Å². The van der Waals surface area contributed by atoms with E-state index in [9.17, 15) is 9.59 Å². The number of carbonyl (C=O) groups is 2. The van der Waals surface area contributed by atoms with Crippen molar-refractivity contribution in [1.82, 2.24) is 10.6 Å². The number of carboxylic acid groups (broad SMARTS) is 1. The molecule has 0 bridgehead atoms. The molecule has 0 saturated heterocycles. The van der Waals surface area contributed by atoms with Gasteiger partial charge in [-0.3, -0.25) is 0 Å². The third-order valence-electron chi connectivity index (χ3n) is 2.13. The van der Waals surface area contributed by atoms with Gasteiger partial charge in [0.25, 0.3) is 0 Å². The average molecular weight is 200 g/mol. The molecule has 1 fully saturated rings. The summed E-state index contributed by atoms with van der Waals surface area (Å²) in [6.45, 7) is 3.52. The molecule has 1 aliphatic rings. The summed E-state index contributed by atoms with van der Waals surface area (Å²) < 4.78 is 0. The predicted molar refractivity (Wildman–Crippen MR) is 51.0 cm³/mol. The van der Waals surface area contributed by atoms with Crippen LogP contribution in [0.25, 0.3) is 0 Å². The molecule has 80 valence electrons. The lowest BCUT2D eigenvalue weighted by atomic mass is 10.1. The van der Waals surface area contributed by atoms with Crippen LogP contribution >= 0.6 is 0 Å². The van der Waals surface area contributed by atoms with Gasteiger partial charge in [0.05, 0.1) is 0 Å². The molecule has 0 aromatic rings. The second-order valence-electron chi connectivity index (χ2n) is 3.95. The van der Waals surface area contributed by atoms with Gasteiger partial charge in [0.15, 0.2) is 0 Å². The van der Waals surface area contributed by atoms with Crippen molar-refractivity contribution >= 4 is 12.0 Å². The zero-order valence-corrected chi connectivity index (χ0v) is 8.41. The van der Waals surface area contributed by atoms with Gasteiger partial charge in [-0.1, -0.05) is 13.8 Å². The van der Waals surface area contributed by atoms with Crippen molar-refractivity contribution in [2.75, 3.05) is 0 Å².